The Bertz CT molecular complexity index is 1720. The summed E-state index contributed by atoms with van der Waals surface area (Å²) < 4.78 is 38.5. The molecule has 2 N–H and O–H groups in total. The van der Waals surface area contributed by atoms with E-state index in [0.717, 1.165) is 4.31 Å². The lowest BCUT2D eigenvalue weighted by Crippen LogP contribution is -2.39. The molecule has 0 radical (unpaired) electrons. The summed E-state index contributed by atoms with van der Waals surface area (Å²) in [6.07, 6.45) is 1.38. The molecule has 0 aliphatic heterocycles. The minimum Gasteiger partial charge on any atom is -0.495 e. The van der Waals surface area contributed by atoms with E-state index in [0.29, 0.717) is 27.8 Å². The van der Waals surface area contributed by atoms with Crippen molar-refractivity contribution in [3.05, 3.63) is 113 Å². The van der Waals surface area contributed by atoms with Crippen molar-refractivity contribution in [3.63, 3.8) is 0 Å². The molecule has 0 aliphatic carbocycles. The van der Waals surface area contributed by atoms with Crippen molar-refractivity contribution in [3.8, 4) is 11.5 Å². The van der Waals surface area contributed by atoms with Crippen molar-refractivity contribution in [1.82, 2.24) is 5.43 Å². The van der Waals surface area contributed by atoms with E-state index in [2.05, 4.69) is 15.8 Å². The molecule has 2 amide bonds. The third kappa shape index (κ3) is 8.48. The van der Waals surface area contributed by atoms with Crippen molar-refractivity contribution >= 4 is 62.6 Å². The second-order valence-electron chi connectivity index (χ2n) is 8.82. The summed E-state index contributed by atoms with van der Waals surface area (Å²) in [5.41, 5.74) is 3.56. The molecule has 222 valence electrons. The van der Waals surface area contributed by atoms with Gasteiger partial charge in [-0.3, -0.25) is 13.9 Å². The first kappa shape index (κ1) is 31.4. The number of hydrogen-bond donors (Lipinski definition) is 2. The number of rotatable bonds is 12. The smallest absolute Gasteiger partial charge is 0.264 e. The van der Waals surface area contributed by atoms with Crippen LogP contribution in [0.25, 0.3) is 0 Å². The number of carbonyl (C=O) groups excluding carboxylic acids is 2. The standard InChI is InChI=1S/C30H26Cl2N4O6S/c1-41-28-10-6-5-9-26(28)34-30(38)20-42-23-14-11-21(12-15-23)18-33-35-29(37)19-36(27-16-13-22(31)17-25(27)32)43(39,40)24-7-3-2-4-8-24/h2-18H,19-20H2,1H3,(H,34,38)(H,35,37)/b33-18-. The Morgan fingerprint density at radius 1 is 0.907 bits per heavy atom. The van der Waals surface area contributed by atoms with Gasteiger partial charge in [0.05, 0.1) is 34.6 Å². The van der Waals surface area contributed by atoms with Crippen LogP contribution in [0.15, 0.2) is 107 Å². The van der Waals surface area contributed by atoms with E-state index in [9.17, 15) is 18.0 Å². The molecule has 0 saturated heterocycles. The summed E-state index contributed by atoms with van der Waals surface area (Å²) in [6, 6.07) is 25.6. The number of para-hydroxylation sites is 2. The zero-order valence-corrected chi connectivity index (χ0v) is 25.1. The zero-order chi connectivity index (χ0) is 30.8. The molecule has 0 saturated carbocycles. The van der Waals surface area contributed by atoms with Crippen LogP contribution in [0.4, 0.5) is 11.4 Å². The Labute approximate surface area is 258 Å². The first-order valence-electron chi connectivity index (χ1n) is 12.7. The average Bonchev–Trinajstić information content (AvgIpc) is 3.00. The lowest BCUT2D eigenvalue weighted by molar-refractivity contribution is -0.119. The maximum atomic E-state index is 13.4. The van der Waals surface area contributed by atoms with Gasteiger partial charge in [0.1, 0.15) is 18.0 Å². The SMILES string of the molecule is COc1ccccc1NC(=O)COc1ccc(/C=N\NC(=O)CN(c2ccc(Cl)cc2Cl)S(=O)(=O)c2ccccc2)cc1. The van der Waals surface area contributed by atoms with Crippen molar-refractivity contribution < 1.29 is 27.5 Å². The van der Waals surface area contributed by atoms with Gasteiger partial charge in [0.25, 0.3) is 21.8 Å². The average molecular weight is 642 g/mol. The Morgan fingerprint density at radius 2 is 1.60 bits per heavy atom. The first-order chi connectivity index (χ1) is 20.7. The molecular weight excluding hydrogens is 615 g/mol. The van der Waals surface area contributed by atoms with Gasteiger partial charge in [0.15, 0.2) is 6.61 Å². The molecule has 4 rings (SSSR count). The van der Waals surface area contributed by atoms with Crippen LogP contribution in [0, 0.1) is 0 Å². The number of halogens is 2. The molecule has 0 bridgehead atoms. The van der Waals surface area contributed by atoms with Crippen LogP contribution >= 0.6 is 23.2 Å². The van der Waals surface area contributed by atoms with Gasteiger partial charge in [-0.2, -0.15) is 5.10 Å². The normalized spacial score (nSPS) is 11.1. The summed E-state index contributed by atoms with van der Waals surface area (Å²) in [5.74, 6) is -0.0901. The van der Waals surface area contributed by atoms with Gasteiger partial charge < -0.3 is 14.8 Å². The fourth-order valence-corrected chi connectivity index (χ4v) is 5.80. The van der Waals surface area contributed by atoms with Crippen LogP contribution in [0.2, 0.25) is 10.0 Å². The molecule has 4 aromatic carbocycles. The number of methoxy groups -OCH3 is 1. The third-order valence-electron chi connectivity index (χ3n) is 5.83. The van der Waals surface area contributed by atoms with Gasteiger partial charge in [0, 0.05) is 5.02 Å². The first-order valence-corrected chi connectivity index (χ1v) is 14.9. The molecule has 0 fully saturated rings. The molecule has 4 aromatic rings. The predicted octanol–water partition coefficient (Wildman–Crippen LogP) is 5.37. The van der Waals surface area contributed by atoms with E-state index in [1.165, 1.54) is 43.7 Å². The number of carbonyl (C=O) groups is 2. The Hall–Kier alpha value is -4.58. The molecule has 0 unspecified atom stereocenters. The van der Waals surface area contributed by atoms with E-state index in [1.807, 2.05) is 0 Å². The van der Waals surface area contributed by atoms with Crippen molar-refractivity contribution in [2.24, 2.45) is 5.10 Å². The Kier molecular flexibility index (Phi) is 10.6. The van der Waals surface area contributed by atoms with Crippen LogP contribution in [0.1, 0.15) is 5.56 Å². The molecule has 43 heavy (non-hydrogen) atoms. The summed E-state index contributed by atoms with van der Waals surface area (Å²) in [4.78, 5) is 25.0. The van der Waals surface area contributed by atoms with Gasteiger partial charge in [-0.15, -0.1) is 0 Å². The molecule has 0 aliphatic rings. The van der Waals surface area contributed by atoms with Crippen LogP contribution in [-0.4, -0.2) is 46.7 Å². The van der Waals surface area contributed by atoms with Crippen LogP contribution in [-0.2, 0) is 19.6 Å². The maximum Gasteiger partial charge on any atom is 0.264 e. The number of anilines is 2. The number of ether oxygens (including phenoxy) is 2. The minimum absolute atomic E-state index is 0.0168. The molecule has 0 atom stereocenters. The fourth-order valence-electron chi connectivity index (χ4n) is 3.78. The monoisotopic (exact) mass is 640 g/mol. The Balaban J connectivity index is 1.36. The quantitative estimate of drug-likeness (QED) is 0.158. The van der Waals surface area contributed by atoms with Gasteiger partial charge in [-0.05, 0) is 72.3 Å². The summed E-state index contributed by atoms with van der Waals surface area (Å²) in [5, 5.41) is 7.03. The number of nitrogens with zero attached hydrogens (tertiary/aromatic N) is 2. The van der Waals surface area contributed by atoms with Crippen LogP contribution in [0.5, 0.6) is 11.5 Å². The van der Waals surface area contributed by atoms with Gasteiger partial charge in [0.2, 0.25) is 0 Å². The van der Waals surface area contributed by atoms with Gasteiger partial charge in [-0.25, -0.2) is 13.8 Å². The van der Waals surface area contributed by atoms with E-state index in [-0.39, 0.29) is 28.1 Å². The van der Waals surface area contributed by atoms with Crippen LogP contribution in [0.3, 0.4) is 0 Å². The van der Waals surface area contributed by atoms with Crippen LogP contribution < -0.4 is 24.5 Å². The number of hydrazone groups is 1. The summed E-state index contributed by atoms with van der Waals surface area (Å²) in [7, 11) is -2.64. The number of benzene rings is 4. The van der Waals surface area contributed by atoms with E-state index in [1.54, 1.807) is 66.7 Å². The molecule has 10 nitrogen and oxygen atoms in total. The third-order valence-corrected chi connectivity index (χ3v) is 8.14. The second kappa shape index (κ2) is 14.5. The summed E-state index contributed by atoms with van der Waals surface area (Å²) >= 11 is 12.3. The zero-order valence-electron chi connectivity index (χ0n) is 22.7. The molecular formula is C30H26Cl2N4O6S. The highest BCUT2D eigenvalue weighted by atomic mass is 35.5. The second-order valence-corrected chi connectivity index (χ2v) is 11.5. The van der Waals surface area contributed by atoms with E-state index < -0.39 is 22.5 Å². The topological polar surface area (TPSA) is 126 Å². The van der Waals surface area contributed by atoms with Crippen molar-refractivity contribution in [1.29, 1.82) is 0 Å². The molecule has 13 heteroatoms. The molecule has 0 spiro atoms. The Morgan fingerprint density at radius 3 is 2.30 bits per heavy atom. The number of nitrogens with one attached hydrogen (secondary N) is 2. The van der Waals surface area contributed by atoms with Gasteiger partial charge >= 0.3 is 0 Å². The molecule has 0 aromatic heterocycles. The maximum absolute atomic E-state index is 13.4. The predicted molar refractivity (Wildman–Crippen MR) is 167 cm³/mol. The van der Waals surface area contributed by atoms with E-state index in [4.69, 9.17) is 32.7 Å². The summed E-state index contributed by atoms with van der Waals surface area (Å²) in [6.45, 7) is -0.818. The largest absolute Gasteiger partial charge is 0.495 e. The highest BCUT2D eigenvalue weighted by Gasteiger charge is 2.28. The lowest BCUT2D eigenvalue weighted by Gasteiger charge is -2.24. The highest BCUT2D eigenvalue weighted by Crippen LogP contribution is 2.32. The van der Waals surface area contributed by atoms with Crippen molar-refractivity contribution in [2.45, 2.75) is 4.90 Å². The van der Waals surface area contributed by atoms with Gasteiger partial charge in [-0.1, -0.05) is 53.5 Å². The number of amides is 2. The lowest BCUT2D eigenvalue weighted by atomic mass is 10.2. The fraction of sp³-hybridized carbons (Fsp3) is 0.100. The van der Waals surface area contributed by atoms with Crippen molar-refractivity contribution in [2.75, 3.05) is 29.9 Å². The number of sulfonamides is 1. The highest BCUT2D eigenvalue weighted by molar-refractivity contribution is 7.92. The van der Waals surface area contributed by atoms with E-state index >= 15 is 0 Å². The molecule has 0 heterocycles. The minimum atomic E-state index is -4.16. The number of hydrogen-bond acceptors (Lipinski definition) is 7.